The van der Waals surface area contributed by atoms with Crippen LogP contribution in [0.3, 0.4) is 0 Å². The summed E-state index contributed by atoms with van der Waals surface area (Å²) in [7, 11) is 5.19. The summed E-state index contributed by atoms with van der Waals surface area (Å²) in [5.74, 6) is 0.805. The molecule has 2 aromatic carbocycles. The number of nitrogens with zero attached hydrogens (tertiary/aromatic N) is 2. The summed E-state index contributed by atoms with van der Waals surface area (Å²) in [5.41, 5.74) is 0.0288. The molecule has 0 aliphatic carbocycles. The average Bonchev–Trinajstić information content (AvgIpc) is 2.71. The van der Waals surface area contributed by atoms with E-state index >= 15 is 0 Å². The Morgan fingerprint density at radius 3 is 2.40 bits per heavy atom. The molecule has 1 heterocycles. The largest absolute Gasteiger partial charge is 0.486 e. The standard InChI is InChI=1S/C21H26F2N4O2.HI/c1-24-21(25-11-14-13-28-18-9-4-5-10-19(18)29-14)26-12-17(27(2)3)20-15(22)7-6-8-16(20)23;/h4-10,14,17H,11-13H2,1-3H3,(H2,24,25,26);1H. The van der Waals surface area contributed by atoms with Crippen LogP contribution in [0.25, 0.3) is 0 Å². The molecule has 0 aromatic heterocycles. The Balaban J connectivity index is 0.00000320. The number of rotatable bonds is 6. The van der Waals surface area contributed by atoms with Crippen LogP contribution in [0.5, 0.6) is 11.5 Å². The number of nitrogens with one attached hydrogen (secondary N) is 2. The van der Waals surface area contributed by atoms with Crippen LogP contribution < -0.4 is 20.1 Å². The van der Waals surface area contributed by atoms with Crippen LogP contribution in [0, 0.1) is 11.6 Å². The molecule has 164 valence electrons. The molecule has 9 heteroatoms. The van der Waals surface area contributed by atoms with E-state index in [1.807, 2.05) is 24.3 Å². The molecule has 2 atom stereocenters. The summed E-state index contributed by atoms with van der Waals surface area (Å²) in [6.07, 6.45) is -0.183. The number of fused-ring (bicyclic) bond motifs is 1. The summed E-state index contributed by atoms with van der Waals surface area (Å²) in [6.45, 7) is 1.16. The number of benzene rings is 2. The van der Waals surface area contributed by atoms with Crippen LogP contribution in [0.2, 0.25) is 0 Å². The van der Waals surface area contributed by atoms with E-state index in [2.05, 4.69) is 15.6 Å². The van der Waals surface area contributed by atoms with Gasteiger partial charge in [0.25, 0.3) is 0 Å². The number of hydrogen-bond donors (Lipinski definition) is 2. The minimum absolute atomic E-state index is 0. The van der Waals surface area contributed by atoms with Crippen LogP contribution in [-0.4, -0.2) is 57.8 Å². The topological polar surface area (TPSA) is 58.1 Å². The Hall–Kier alpha value is -2.14. The van der Waals surface area contributed by atoms with Gasteiger partial charge in [0.15, 0.2) is 17.5 Å². The van der Waals surface area contributed by atoms with Crippen LogP contribution in [0.1, 0.15) is 11.6 Å². The Kier molecular flexibility index (Phi) is 9.09. The normalized spacial score (nSPS) is 16.6. The Bertz CT molecular complexity index is 846. The third-order valence-corrected chi connectivity index (χ3v) is 4.71. The van der Waals surface area contributed by atoms with Crippen LogP contribution in [0.4, 0.5) is 8.78 Å². The molecule has 1 aliphatic rings. The third-order valence-electron chi connectivity index (χ3n) is 4.71. The molecule has 0 fully saturated rings. The average molecular weight is 532 g/mol. The van der Waals surface area contributed by atoms with Crippen molar-refractivity contribution >= 4 is 29.9 Å². The van der Waals surface area contributed by atoms with Crippen LogP contribution in [0.15, 0.2) is 47.5 Å². The highest BCUT2D eigenvalue weighted by molar-refractivity contribution is 14.0. The summed E-state index contributed by atoms with van der Waals surface area (Å²) < 4.78 is 40.0. The lowest BCUT2D eigenvalue weighted by Crippen LogP contribution is -2.47. The minimum atomic E-state index is -0.570. The zero-order chi connectivity index (χ0) is 20.8. The molecule has 2 aromatic rings. The maximum atomic E-state index is 14.2. The van der Waals surface area contributed by atoms with Crippen molar-refractivity contribution in [3.05, 3.63) is 59.7 Å². The van der Waals surface area contributed by atoms with E-state index in [9.17, 15) is 8.78 Å². The van der Waals surface area contributed by atoms with Crippen LogP contribution >= 0.6 is 24.0 Å². The van der Waals surface area contributed by atoms with Gasteiger partial charge < -0.3 is 25.0 Å². The van der Waals surface area contributed by atoms with E-state index in [4.69, 9.17) is 9.47 Å². The number of guanidine groups is 1. The molecule has 0 amide bonds. The maximum absolute atomic E-state index is 14.2. The van der Waals surface area contributed by atoms with E-state index in [1.165, 1.54) is 18.2 Å². The molecule has 1 aliphatic heterocycles. The Morgan fingerprint density at radius 2 is 1.77 bits per heavy atom. The quantitative estimate of drug-likeness (QED) is 0.340. The monoisotopic (exact) mass is 532 g/mol. The molecule has 2 unspecified atom stereocenters. The lowest BCUT2D eigenvalue weighted by Gasteiger charge is -2.28. The maximum Gasteiger partial charge on any atom is 0.191 e. The number of likely N-dealkylation sites (N-methyl/N-ethyl adjacent to an activating group) is 1. The number of halogens is 3. The molecule has 0 spiro atoms. The molecule has 6 nitrogen and oxygen atoms in total. The highest BCUT2D eigenvalue weighted by Gasteiger charge is 2.23. The fraction of sp³-hybridized carbons (Fsp3) is 0.381. The van der Waals surface area contributed by atoms with Gasteiger partial charge in [-0.3, -0.25) is 4.99 Å². The first kappa shape index (κ1) is 24.1. The summed E-state index contributed by atoms with van der Waals surface area (Å²) in [4.78, 5) is 5.94. The van der Waals surface area contributed by atoms with Gasteiger partial charge in [0.1, 0.15) is 24.3 Å². The second kappa shape index (κ2) is 11.3. The van der Waals surface area contributed by atoms with Gasteiger partial charge in [-0.25, -0.2) is 8.78 Å². The first-order chi connectivity index (χ1) is 14.0. The fourth-order valence-electron chi connectivity index (χ4n) is 3.16. The first-order valence-corrected chi connectivity index (χ1v) is 9.43. The van der Waals surface area contributed by atoms with Gasteiger partial charge in [0.2, 0.25) is 0 Å². The molecule has 0 saturated carbocycles. The van der Waals surface area contributed by atoms with Gasteiger partial charge in [-0.1, -0.05) is 18.2 Å². The summed E-state index contributed by atoms with van der Waals surface area (Å²) in [5, 5.41) is 6.30. The number of hydrogen-bond acceptors (Lipinski definition) is 4. The lowest BCUT2D eigenvalue weighted by molar-refractivity contribution is 0.0936. The van der Waals surface area contributed by atoms with Gasteiger partial charge in [0, 0.05) is 19.2 Å². The molecular weight excluding hydrogens is 505 g/mol. The van der Waals surface area contributed by atoms with Crippen molar-refractivity contribution in [2.24, 2.45) is 4.99 Å². The predicted molar refractivity (Wildman–Crippen MR) is 124 cm³/mol. The van der Waals surface area contributed by atoms with Crippen molar-refractivity contribution in [2.75, 3.05) is 40.8 Å². The highest BCUT2D eigenvalue weighted by atomic mass is 127. The molecule has 0 bridgehead atoms. The second-order valence-electron chi connectivity index (χ2n) is 6.95. The van der Waals surface area contributed by atoms with Crippen LogP contribution in [-0.2, 0) is 0 Å². The van der Waals surface area contributed by atoms with E-state index < -0.39 is 17.7 Å². The highest BCUT2D eigenvalue weighted by Crippen LogP contribution is 2.30. The van der Waals surface area contributed by atoms with E-state index in [0.717, 1.165) is 5.75 Å². The minimum Gasteiger partial charge on any atom is -0.486 e. The second-order valence-corrected chi connectivity index (χ2v) is 6.95. The Morgan fingerprint density at radius 1 is 1.10 bits per heavy atom. The third kappa shape index (κ3) is 5.94. The molecule has 0 radical (unpaired) electrons. The van der Waals surface area contributed by atoms with Gasteiger partial charge >= 0.3 is 0 Å². The fourth-order valence-corrected chi connectivity index (χ4v) is 3.16. The predicted octanol–water partition coefficient (Wildman–Crippen LogP) is 3.19. The van der Waals surface area contributed by atoms with Gasteiger partial charge in [0.05, 0.1) is 12.6 Å². The van der Waals surface area contributed by atoms with Crippen molar-refractivity contribution in [1.82, 2.24) is 15.5 Å². The summed E-state index contributed by atoms with van der Waals surface area (Å²) in [6, 6.07) is 10.9. The Labute approximate surface area is 192 Å². The summed E-state index contributed by atoms with van der Waals surface area (Å²) >= 11 is 0. The van der Waals surface area contributed by atoms with Gasteiger partial charge in [-0.15, -0.1) is 24.0 Å². The molecule has 2 N–H and O–H groups in total. The lowest BCUT2D eigenvalue weighted by atomic mass is 10.0. The van der Waals surface area contributed by atoms with E-state index in [1.54, 1.807) is 26.0 Å². The molecule has 0 saturated heterocycles. The van der Waals surface area contributed by atoms with E-state index in [0.29, 0.717) is 24.9 Å². The zero-order valence-corrected chi connectivity index (χ0v) is 19.5. The zero-order valence-electron chi connectivity index (χ0n) is 17.2. The van der Waals surface area contributed by atoms with Crippen molar-refractivity contribution in [3.63, 3.8) is 0 Å². The molecule has 3 rings (SSSR count). The first-order valence-electron chi connectivity index (χ1n) is 9.43. The van der Waals surface area contributed by atoms with Crippen molar-refractivity contribution in [3.8, 4) is 11.5 Å². The van der Waals surface area contributed by atoms with Crippen molar-refractivity contribution in [2.45, 2.75) is 12.1 Å². The van der Waals surface area contributed by atoms with Crippen molar-refractivity contribution < 1.29 is 18.3 Å². The molecule has 30 heavy (non-hydrogen) atoms. The van der Waals surface area contributed by atoms with Gasteiger partial charge in [-0.05, 0) is 38.4 Å². The molecular formula is C21H27F2IN4O2. The number of aliphatic imine (C=N–C) groups is 1. The van der Waals surface area contributed by atoms with Gasteiger partial charge in [-0.2, -0.15) is 0 Å². The number of para-hydroxylation sites is 2. The van der Waals surface area contributed by atoms with E-state index in [-0.39, 0.29) is 42.2 Å². The number of ether oxygens (including phenoxy) is 2. The smallest absolute Gasteiger partial charge is 0.191 e. The van der Waals surface area contributed by atoms with Crippen molar-refractivity contribution in [1.29, 1.82) is 0 Å². The SMILES string of the molecule is CN=C(NCC1COc2ccccc2O1)NCC(c1c(F)cccc1F)N(C)C.I.